The molecule has 1 aromatic heterocycles. The van der Waals surface area contributed by atoms with Crippen molar-refractivity contribution in [2.24, 2.45) is 0 Å². The number of ether oxygens (including phenoxy) is 1. The van der Waals surface area contributed by atoms with Crippen molar-refractivity contribution in [2.75, 3.05) is 25.6 Å². The summed E-state index contributed by atoms with van der Waals surface area (Å²) in [5.74, 6) is 2.58. The molecular formula is C17H16N2O3S. The van der Waals surface area contributed by atoms with E-state index in [2.05, 4.69) is 11.2 Å². The van der Waals surface area contributed by atoms with Crippen molar-refractivity contribution in [2.45, 2.75) is 0 Å². The summed E-state index contributed by atoms with van der Waals surface area (Å²) < 4.78 is 5.10. The number of rotatable bonds is 5. The molecule has 0 saturated heterocycles. The van der Waals surface area contributed by atoms with Crippen molar-refractivity contribution in [3.05, 3.63) is 46.2 Å². The predicted octanol–water partition coefficient (Wildman–Crippen LogP) is 2.13. The van der Waals surface area contributed by atoms with E-state index in [1.807, 2.05) is 0 Å². The zero-order valence-corrected chi connectivity index (χ0v) is 13.6. The van der Waals surface area contributed by atoms with Gasteiger partial charge in [-0.3, -0.25) is 14.5 Å². The summed E-state index contributed by atoms with van der Waals surface area (Å²) in [6.45, 7) is -0.0937. The van der Waals surface area contributed by atoms with Crippen LogP contribution in [0.1, 0.15) is 15.2 Å². The summed E-state index contributed by atoms with van der Waals surface area (Å²) in [6.07, 6.45) is 5.41. The van der Waals surface area contributed by atoms with Crippen LogP contribution in [-0.2, 0) is 4.79 Å². The van der Waals surface area contributed by atoms with Gasteiger partial charge in [0.2, 0.25) is 5.91 Å². The van der Waals surface area contributed by atoms with Crippen LogP contribution in [0, 0.1) is 12.3 Å². The Morgan fingerprint density at radius 1 is 1.39 bits per heavy atom. The van der Waals surface area contributed by atoms with Crippen molar-refractivity contribution in [3.63, 3.8) is 0 Å². The highest BCUT2D eigenvalue weighted by atomic mass is 32.1. The Morgan fingerprint density at radius 2 is 2.17 bits per heavy atom. The molecule has 0 saturated carbocycles. The molecular weight excluding hydrogens is 312 g/mol. The van der Waals surface area contributed by atoms with Crippen LogP contribution in [0.3, 0.4) is 0 Å². The molecule has 2 rings (SSSR count). The van der Waals surface area contributed by atoms with Gasteiger partial charge in [-0.15, -0.1) is 17.8 Å². The molecule has 1 heterocycles. The summed E-state index contributed by atoms with van der Waals surface area (Å²) in [4.78, 5) is 26.4. The second-order valence-electron chi connectivity index (χ2n) is 4.61. The Labute approximate surface area is 138 Å². The molecule has 23 heavy (non-hydrogen) atoms. The number of terminal acetylenes is 1. The zero-order valence-electron chi connectivity index (χ0n) is 12.8. The highest BCUT2D eigenvalue weighted by molar-refractivity contribution is 7.12. The lowest BCUT2D eigenvalue weighted by Crippen LogP contribution is -2.39. The van der Waals surface area contributed by atoms with E-state index in [-0.39, 0.29) is 18.4 Å². The van der Waals surface area contributed by atoms with Gasteiger partial charge in [0.15, 0.2) is 0 Å². The van der Waals surface area contributed by atoms with Gasteiger partial charge in [0.05, 0.1) is 12.0 Å². The second-order valence-corrected chi connectivity index (χ2v) is 5.52. The van der Waals surface area contributed by atoms with Crippen LogP contribution in [0.2, 0.25) is 0 Å². The lowest BCUT2D eigenvalue weighted by molar-refractivity contribution is -0.119. The van der Waals surface area contributed by atoms with Crippen molar-refractivity contribution in [1.82, 2.24) is 5.32 Å². The summed E-state index contributed by atoms with van der Waals surface area (Å²) in [7, 11) is 3.06. The average Bonchev–Trinajstić information content (AvgIpc) is 3.08. The van der Waals surface area contributed by atoms with Gasteiger partial charge in [-0.2, -0.15) is 0 Å². The summed E-state index contributed by atoms with van der Waals surface area (Å²) >= 11 is 1.26. The van der Waals surface area contributed by atoms with Crippen molar-refractivity contribution >= 4 is 28.8 Å². The normalized spacial score (nSPS) is 9.78. The topological polar surface area (TPSA) is 58.6 Å². The monoisotopic (exact) mass is 328 g/mol. The highest BCUT2D eigenvalue weighted by Gasteiger charge is 2.22. The molecule has 6 heteroatoms. The van der Waals surface area contributed by atoms with Crippen LogP contribution >= 0.6 is 11.3 Å². The maximum Gasteiger partial charge on any atom is 0.268 e. The van der Waals surface area contributed by atoms with E-state index in [4.69, 9.17) is 11.2 Å². The van der Waals surface area contributed by atoms with Crippen LogP contribution in [0.5, 0.6) is 5.75 Å². The third-order valence-electron chi connectivity index (χ3n) is 3.17. The van der Waals surface area contributed by atoms with Crippen molar-refractivity contribution in [1.29, 1.82) is 0 Å². The van der Waals surface area contributed by atoms with Crippen LogP contribution in [0.4, 0.5) is 5.69 Å². The van der Waals surface area contributed by atoms with E-state index >= 15 is 0 Å². The lowest BCUT2D eigenvalue weighted by Gasteiger charge is -2.21. The van der Waals surface area contributed by atoms with Gasteiger partial charge in [-0.05, 0) is 18.2 Å². The third-order valence-corrected chi connectivity index (χ3v) is 4.07. The summed E-state index contributed by atoms with van der Waals surface area (Å²) in [6, 6.07) is 8.61. The SMILES string of the molecule is C#Cc1cccc(N(CC(=O)NC)C(=O)c2cc(OC)cs2)c1. The van der Waals surface area contributed by atoms with E-state index in [0.717, 1.165) is 0 Å². The molecule has 0 aliphatic carbocycles. The molecule has 0 aliphatic heterocycles. The molecule has 0 aliphatic rings. The van der Waals surface area contributed by atoms with Gasteiger partial charge in [-0.25, -0.2) is 0 Å². The number of carbonyl (C=O) groups excluding carboxylic acids is 2. The number of nitrogens with zero attached hydrogens (tertiary/aromatic N) is 1. The minimum Gasteiger partial charge on any atom is -0.496 e. The second kappa shape index (κ2) is 7.47. The van der Waals surface area contributed by atoms with Crippen molar-refractivity contribution in [3.8, 4) is 18.1 Å². The van der Waals surface area contributed by atoms with Gasteiger partial charge in [-0.1, -0.05) is 12.0 Å². The molecule has 0 bridgehead atoms. The predicted molar refractivity (Wildman–Crippen MR) is 91.0 cm³/mol. The first-order chi connectivity index (χ1) is 11.1. The number of likely N-dealkylation sites (N-methyl/N-ethyl adjacent to an activating group) is 1. The number of carbonyl (C=O) groups is 2. The number of thiophene rings is 1. The van der Waals surface area contributed by atoms with E-state index in [1.54, 1.807) is 35.7 Å². The van der Waals surface area contributed by atoms with Gasteiger partial charge in [0.1, 0.15) is 12.3 Å². The molecule has 0 fully saturated rings. The van der Waals surface area contributed by atoms with E-state index < -0.39 is 0 Å². The first-order valence-corrected chi connectivity index (χ1v) is 7.68. The Kier molecular flexibility index (Phi) is 5.39. The number of nitrogens with one attached hydrogen (secondary N) is 1. The van der Waals surface area contributed by atoms with E-state index in [9.17, 15) is 9.59 Å². The van der Waals surface area contributed by atoms with Gasteiger partial charge in [0.25, 0.3) is 5.91 Å². The minimum atomic E-state index is -0.281. The molecule has 1 N–H and O–H groups in total. The molecule has 118 valence electrons. The van der Waals surface area contributed by atoms with E-state index in [0.29, 0.717) is 21.9 Å². The summed E-state index contributed by atoms with van der Waals surface area (Å²) in [5, 5.41) is 4.26. The number of methoxy groups -OCH3 is 1. The quantitative estimate of drug-likeness (QED) is 0.856. The lowest BCUT2D eigenvalue weighted by atomic mass is 10.2. The van der Waals surface area contributed by atoms with Crippen LogP contribution in [0.15, 0.2) is 35.7 Å². The number of benzene rings is 1. The number of hydrogen-bond acceptors (Lipinski definition) is 4. The van der Waals surface area contributed by atoms with Gasteiger partial charge < -0.3 is 10.1 Å². The fourth-order valence-corrected chi connectivity index (χ4v) is 2.74. The number of anilines is 1. The van der Waals surface area contributed by atoms with Gasteiger partial charge in [0, 0.05) is 29.7 Å². The number of amides is 2. The molecule has 2 amide bonds. The van der Waals surface area contributed by atoms with Crippen LogP contribution in [0.25, 0.3) is 0 Å². The Hall–Kier alpha value is -2.78. The molecule has 0 atom stereocenters. The maximum absolute atomic E-state index is 12.8. The number of hydrogen-bond donors (Lipinski definition) is 1. The Bertz CT molecular complexity index is 761. The largest absolute Gasteiger partial charge is 0.496 e. The van der Waals surface area contributed by atoms with Crippen LogP contribution < -0.4 is 15.0 Å². The standard InChI is InChI=1S/C17H16N2O3S/c1-4-12-6-5-7-13(8-12)19(10-16(20)18-2)17(21)15-9-14(22-3)11-23-15/h1,5-9,11H,10H2,2-3H3,(H,18,20). The molecule has 5 nitrogen and oxygen atoms in total. The average molecular weight is 328 g/mol. The molecule has 0 unspecified atom stereocenters. The third kappa shape index (κ3) is 3.90. The van der Waals surface area contributed by atoms with Gasteiger partial charge >= 0.3 is 0 Å². The fourth-order valence-electron chi connectivity index (χ4n) is 1.94. The minimum absolute atomic E-state index is 0.0937. The fraction of sp³-hybridized carbons (Fsp3) is 0.176. The Morgan fingerprint density at radius 3 is 2.78 bits per heavy atom. The highest BCUT2D eigenvalue weighted by Crippen LogP contribution is 2.25. The smallest absolute Gasteiger partial charge is 0.268 e. The first kappa shape index (κ1) is 16.6. The van der Waals surface area contributed by atoms with Crippen molar-refractivity contribution < 1.29 is 14.3 Å². The molecule has 2 aromatic rings. The maximum atomic E-state index is 12.8. The summed E-state index contributed by atoms with van der Waals surface area (Å²) in [5.41, 5.74) is 1.21. The first-order valence-electron chi connectivity index (χ1n) is 6.80. The molecule has 0 radical (unpaired) electrons. The van der Waals surface area contributed by atoms with E-state index in [1.165, 1.54) is 30.4 Å². The van der Waals surface area contributed by atoms with Crippen LogP contribution in [-0.4, -0.2) is 32.5 Å². The zero-order chi connectivity index (χ0) is 16.8. The molecule has 1 aromatic carbocycles. The Balaban J connectivity index is 2.38. The molecule has 0 spiro atoms.